The maximum Gasteiger partial charge on any atom is 0.254 e. The summed E-state index contributed by atoms with van der Waals surface area (Å²) in [5.74, 6) is 1.62. The Balaban J connectivity index is 2.28. The average Bonchev–Trinajstić information content (AvgIpc) is 2.29. The number of hydrogen-bond acceptors (Lipinski definition) is 3. The number of benzene rings is 1. The number of para-hydroxylation sites is 1. The number of nitrogens with zero attached hydrogens (tertiary/aromatic N) is 1. The molecule has 0 radical (unpaired) electrons. The van der Waals surface area contributed by atoms with Crippen LogP contribution in [0.25, 0.3) is 0 Å². The molecule has 0 unspecified atom stereocenters. The van der Waals surface area contributed by atoms with Gasteiger partial charge in [-0.1, -0.05) is 25.1 Å². The van der Waals surface area contributed by atoms with Crippen LogP contribution in [0.1, 0.15) is 12.7 Å². The van der Waals surface area contributed by atoms with E-state index in [0.29, 0.717) is 23.9 Å². The molecule has 0 saturated carbocycles. The van der Waals surface area contributed by atoms with E-state index in [0.717, 1.165) is 0 Å². The molecular formula is C12H12N2O2. The molecule has 0 aliphatic carbocycles. The monoisotopic (exact) mass is 216 g/mol. The smallest absolute Gasteiger partial charge is 0.254 e. The van der Waals surface area contributed by atoms with Gasteiger partial charge in [0.25, 0.3) is 5.56 Å². The summed E-state index contributed by atoms with van der Waals surface area (Å²) in [5, 5.41) is 0. The molecule has 16 heavy (non-hydrogen) atoms. The summed E-state index contributed by atoms with van der Waals surface area (Å²) in [7, 11) is 0. The molecule has 1 N–H and O–H groups in total. The molecule has 1 heterocycles. The van der Waals surface area contributed by atoms with Crippen molar-refractivity contribution in [3.63, 3.8) is 0 Å². The Bertz CT molecular complexity index is 520. The van der Waals surface area contributed by atoms with Gasteiger partial charge in [0.1, 0.15) is 11.6 Å². The van der Waals surface area contributed by atoms with Crippen LogP contribution in [0.15, 0.2) is 41.2 Å². The van der Waals surface area contributed by atoms with Crippen molar-refractivity contribution < 1.29 is 4.74 Å². The van der Waals surface area contributed by atoms with Crippen LogP contribution in [0.5, 0.6) is 11.6 Å². The Morgan fingerprint density at radius 1 is 1.31 bits per heavy atom. The summed E-state index contributed by atoms with van der Waals surface area (Å²) in [6.45, 7) is 1.92. The van der Waals surface area contributed by atoms with Gasteiger partial charge in [-0.15, -0.1) is 0 Å². The summed E-state index contributed by atoms with van der Waals surface area (Å²) in [6, 6.07) is 10.6. The minimum atomic E-state index is -0.196. The van der Waals surface area contributed by atoms with Gasteiger partial charge in [-0.25, -0.2) is 0 Å². The number of rotatable bonds is 3. The van der Waals surface area contributed by atoms with Gasteiger partial charge in [-0.05, 0) is 12.1 Å². The minimum Gasteiger partial charge on any atom is -0.439 e. The molecule has 0 spiro atoms. The zero-order chi connectivity index (χ0) is 11.4. The molecule has 0 saturated heterocycles. The summed E-state index contributed by atoms with van der Waals surface area (Å²) in [6.07, 6.45) is 0.668. The number of aromatic nitrogens is 2. The average molecular weight is 216 g/mol. The van der Waals surface area contributed by atoms with E-state index in [9.17, 15) is 4.79 Å². The molecule has 1 aromatic heterocycles. The van der Waals surface area contributed by atoms with Crippen LogP contribution < -0.4 is 10.3 Å². The van der Waals surface area contributed by atoms with Crippen molar-refractivity contribution in [1.82, 2.24) is 9.97 Å². The van der Waals surface area contributed by atoms with Gasteiger partial charge in [0.15, 0.2) is 0 Å². The molecular weight excluding hydrogens is 204 g/mol. The van der Waals surface area contributed by atoms with Crippen LogP contribution in [-0.2, 0) is 6.42 Å². The molecule has 4 nitrogen and oxygen atoms in total. The summed E-state index contributed by atoms with van der Waals surface area (Å²) in [4.78, 5) is 18.1. The quantitative estimate of drug-likeness (QED) is 0.855. The van der Waals surface area contributed by atoms with Gasteiger partial charge >= 0.3 is 0 Å². The molecule has 82 valence electrons. The second-order valence-electron chi connectivity index (χ2n) is 3.30. The lowest BCUT2D eigenvalue weighted by Gasteiger charge is -2.04. The Morgan fingerprint density at radius 2 is 2.06 bits per heavy atom. The fourth-order valence-electron chi connectivity index (χ4n) is 1.31. The first kappa shape index (κ1) is 10.4. The van der Waals surface area contributed by atoms with E-state index in [2.05, 4.69) is 9.97 Å². The zero-order valence-electron chi connectivity index (χ0n) is 8.93. The largest absolute Gasteiger partial charge is 0.439 e. The van der Waals surface area contributed by atoms with E-state index in [1.807, 2.05) is 37.3 Å². The van der Waals surface area contributed by atoms with Crippen molar-refractivity contribution in [2.45, 2.75) is 13.3 Å². The third kappa shape index (κ3) is 2.48. The first-order valence-corrected chi connectivity index (χ1v) is 5.11. The van der Waals surface area contributed by atoms with E-state index >= 15 is 0 Å². The Labute approximate surface area is 92.9 Å². The highest BCUT2D eigenvalue weighted by atomic mass is 16.5. The third-order valence-corrected chi connectivity index (χ3v) is 2.07. The van der Waals surface area contributed by atoms with Gasteiger partial charge in [-0.2, -0.15) is 4.98 Å². The van der Waals surface area contributed by atoms with Crippen molar-refractivity contribution in [1.29, 1.82) is 0 Å². The van der Waals surface area contributed by atoms with Crippen LogP contribution in [0.4, 0.5) is 0 Å². The van der Waals surface area contributed by atoms with E-state index in [1.54, 1.807) is 0 Å². The topological polar surface area (TPSA) is 55.0 Å². The van der Waals surface area contributed by atoms with Gasteiger partial charge in [0, 0.05) is 6.42 Å². The summed E-state index contributed by atoms with van der Waals surface area (Å²) in [5.41, 5.74) is -0.196. The van der Waals surface area contributed by atoms with Crippen LogP contribution in [-0.4, -0.2) is 9.97 Å². The number of aromatic amines is 1. The first-order chi connectivity index (χ1) is 7.78. The lowest BCUT2D eigenvalue weighted by atomic mass is 10.3. The van der Waals surface area contributed by atoms with Crippen LogP contribution >= 0.6 is 0 Å². The zero-order valence-corrected chi connectivity index (χ0v) is 8.93. The molecule has 0 aliphatic heterocycles. The fraction of sp³-hybridized carbons (Fsp3) is 0.167. The molecule has 0 aliphatic rings. The van der Waals surface area contributed by atoms with Crippen molar-refractivity contribution in [2.75, 3.05) is 0 Å². The molecule has 4 heteroatoms. The van der Waals surface area contributed by atoms with Crippen LogP contribution in [0.2, 0.25) is 0 Å². The van der Waals surface area contributed by atoms with Crippen molar-refractivity contribution in [3.05, 3.63) is 52.6 Å². The maximum atomic E-state index is 11.3. The predicted molar refractivity (Wildman–Crippen MR) is 60.8 cm³/mol. The minimum absolute atomic E-state index is 0.196. The van der Waals surface area contributed by atoms with Gasteiger partial charge < -0.3 is 9.72 Å². The Hall–Kier alpha value is -2.10. The van der Waals surface area contributed by atoms with E-state index < -0.39 is 0 Å². The molecule has 0 amide bonds. The standard InChI is InChI=1S/C12H12N2O2/c1-2-10-13-11(15)8-12(14-10)16-9-6-4-3-5-7-9/h3-8H,2H2,1H3,(H,13,14,15). The van der Waals surface area contributed by atoms with Crippen LogP contribution in [0.3, 0.4) is 0 Å². The predicted octanol–water partition coefficient (Wildman–Crippen LogP) is 2.12. The normalized spacial score (nSPS) is 10.1. The second kappa shape index (κ2) is 4.61. The van der Waals surface area contributed by atoms with Crippen molar-refractivity contribution in [3.8, 4) is 11.6 Å². The number of ether oxygens (including phenoxy) is 1. The lowest BCUT2D eigenvalue weighted by Crippen LogP contribution is -2.10. The summed E-state index contributed by atoms with van der Waals surface area (Å²) >= 11 is 0. The Morgan fingerprint density at radius 3 is 2.75 bits per heavy atom. The van der Waals surface area contributed by atoms with Gasteiger partial charge in [-0.3, -0.25) is 4.79 Å². The summed E-state index contributed by atoms with van der Waals surface area (Å²) < 4.78 is 5.47. The second-order valence-corrected chi connectivity index (χ2v) is 3.30. The van der Waals surface area contributed by atoms with E-state index in [1.165, 1.54) is 6.07 Å². The van der Waals surface area contributed by atoms with Crippen molar-refractivity contribution >= 4 is 0 Å². The molecule has 1 aromatic carbocycles. The Kier molecular flexibility index (Phi) is 3.00. The molecule has 2 aromatic rings. The molecule has 2 rings (SSSR count). The highest BCUT2D eigenvalue weighted by Gasteiger charge is 2.01. The lowest BCUT2D eigenvalue weighted by molar-refractivity contribution is 0.457. The maximum absolute atomic E-state index is 11.3. The number of hydrogen-bond donors (Lipinski definition) is 1. The fourth-order valence-corrected chi connectivity index (χ4v) is 1.31. The number of nitrogens with one attached hydrogen (secondary N) is 1. The SMILES string of the molecule is CCc1nc(Oc2ccccc2)cc(=O)[nH]1. The van der Waals surface area contributed by atoms with Crippen molar-refractivity contribution in [2.24, 2.45) is 0 Å². The third-order valence-electron chi connectivity index (χ3n) is 2.07. The first-order valence-electron chi connectivity index (χ1n) is 5.11. The number of H-pyrrole nitrogens is 1. The van der Waals surface area contributed by atoms with E-state index in [-0.39, 0.29) is 5.56 Å². The molecule has 0 atom stereocenters. The van der Waals surface area contributed by atoms with E-state index in [4.69, 9.17) is 4.74 Å². The highest BCUT2D eigenvalue weighted by Crippen LogP contribution is 2.16. The number of aryl methyl sites for hydroxylation is 1. The molecule has 0 fully saturated rings. The molecule has 0 bridgehead atoms. The van der Waals surface area contributed by atoms with Crippen LogP contribution in [0, 0.1) is 0 Å². The van der Waals surface area contributed by atoms with Gasteiger partial charge in [0.05, 0.1) is 6.07 Å². The van der Waals surface area contributed by atoms with Gasteiger partial charge in [0.2, 0.25) is 5.88 Å². The highest BCUT2D eigenvalue weighted by molar-refractivity contribution is 5.26.